The van der Waals surface area contributed by atoms with Gasteiger partial charge in [0.25, 0.3) is 0 Å². The predicted molar refractivity (Wildman–Crippen MR) is 94.9 cm³/mol. The van der Waals surface area contributed by atoms with Crippen molar-refractivity contribution >= 4 is 43.5 Å². The molecule has 0 saturated heterocycles. The fourth-order valence-electron chi connectivity index (χ4n) is 2.79. The van der Waals surface area contributed by atoms with E-state index in [1.807, 2.05) is 54.0 Å². The van der Waals surface area contributed by atoms with Crippen LogP contribution in [0, 0.1) is 6.92 Å². The number of aromatic nitrogens is 2. The first-order chi connectivity index (χ1) is 11.2. The molecule has 2 aromatic heterocycles. The number of carbonyl (C=O) groups is 1. The summed E-state index contributed by atoms with van der Waals surface area (Å²) in [6.45, 7) is 2.31. The van der Waals surface area contributed by atoms with E-state index in [2.05, 4.69) is 22.4 Å². The largest absolute Gasteiger partial charge is 0.335 e. The molecule has 0 saturated carbocycles. The first-order valence-corrected chi connectivity index (χ1v) is 8.23. The number of rotatable bonds is 3. The zero-order chi connectivity index (χ0) is 15.8. The van der Waals surface area contributed by atoms with Gasteiger partial charge in [-0.25, -0.2) is 4.98 Å². The van der Waals surface area contributed by atoms with E-state index in [-0.39, 0.29) is 12.5 Å². The minimum Gasteiger partial charge on any atom is -0.335 e. The Labute approximate surface area is 137 Å². The molecule has 0 aliphatic rings. The Bertz CT molecular complexity index is 982. The molecule has 2 heterocycles. The zero-order valence-electron chi connectivity index (χ0n) is 12.6. The van der Waals surface area contributed by atoms with E-state index < -0.39 is 0 Å². The third-order valence-corrected chi connectivity index (χ3v) is 4.81. The van der Waals surface area contributed by atoms with Crippen molar-refractivity contribution in [1.82, 2.24) is 9.55 Å². The topological polar surface area (TPSA) is 46.9 Å². The maximum Gasteiger partial charge on any atom is 0.246 e. The van der Waals surface area contributed by atoms with Gasteiger partial charge in [0.2, 0.25) is 5.91 Å². The summed E-state index contributed by atoms with van der Waals surface area (Å²) >= 11 is 1.49. The summed E-state index contributed by atoms with van der Waals surface area (Å²) in [6, 6.07) is 18.1. The van der Waals surface area contributed by atoms with Crippen LogP contribution in [-0.2, 0) is 11.3 Å². The van der Waals surface area contributed by atoms with Crippen LogP contribution >= 0.6 is 11.3 Å². The highest BCUT2D eigenvalue weighted by molar-refractivity contribution is 7.22. The van der Waals surface area contributed by atoms with E-state index in [0.29, 0.717) is 5.13 Å². The Balaban J connectivity index is 1.58. The Morgan fingerprint density at radius 3 is 2.83 bits per heavy atom. The summed E-state index contributed by atoms with van der Waals surface area (Å²) in [7, 11) is 0. The zero-order valence-corrected chi connectivity index (χ0v) is 13.4. The van der Waals surface area contributed by atoms with Crippen molar-refractivity contribution < 1.29 is 4.79 Å². The second-order valence-electron chi connectivity index (χ2n) is 5.47. The number of para-hydroxylation sites is 2. The van der Waals surface area contributed by atoms with Crippen molar-refractivity contribution in [3.8, 4) is 0 Å². The predicted octanol–water partition coefficient (Wildman–Crippen LogP) is 4.20. The number of thiazole rings is 1. The van der Waals surface area contributed by atoms with Crippen molar-refractivity contribution in [2.45, 2.75) is 13.5 Å². The molecule has 4 aromatic rings. The van der Waals surface area contributed by atoms with Gasteiger partial charge in [-0.15, -0.1) is 0 Å². The summed E-state index contributed by atoms with van der Waals surface area (Å²) in [4.78, 5) is 16.8. The molecule has 4 rings (SSSR count). The molecular weight excluding hydrogens is 306 g/mol. The van der Waals surface area contributed by atoms with Crippen molar-refractivity contribution in [3.63, 3.8) is 0 Å². The molecule has 1 amide bonds. The van der Waals surface area contributed by atoms with Crippen LogP contribution in [0.15, 0.2) is 54.6 Å². The van der Waals surface area contributed by atoms with Crippen LogP contribution in [-0.4, -0.2) is 15.5 Å². The highest BCUT2D eigenvalue weighted by Gasteiger charge is 2.11. The van der Waals surface area contributed by atoms with Gasteiger partial charge < -0.3 is 9.88 Å². The van der Waals surface area contributed by atoms with Crippen LogP contribution in [0.1, 0.15) is 5.69 Å². The number of fused-ring (bicyclic) bond motifs is 2. The third kappa shape index (κ3) is 2.59. The third-order valence-electron chi connectivity index (χ3n) is 3.86. The van der Waals surface area contributed by atoms with Gasteiger partial charge in [-0.05, 0) is 36.6 Å². The lowest BCUT2D eigenvalue weighted by Gasteiger charge is -2.07. The smallest absolute Gasteiger partial charge is 0.246 e. The van der Waals surface area contributed by atoms with Crippen LogP contribution in [0.25, 0.3) is 21.1 Å². The molecule has 114 valence electrons. The molecule has 0 radical (unpaired) electrons. The fraction of sp³-hybridized carbons (Fsp3) is 0.111. The van der Waals surface area contributed by atoms with Gasteiger partial charge in [0.1, 0.15) is 6.54 Å². The van der Waals surface area contributed by atoms with Crippen LogP contribution in [0.5, 0.6) is 0 Å². The standard InChI is InChI=1S/C18H15N3OS/c1-12-10-13-6-2-4-8-15(13)21(12)11-17(22)20-18-19-14-7-3-5-9-16(14)23-18/h2-10H,11H2,1H3,(H,19,20,22). The molecule has 5 heteroatoms. The molecular formula is C18H15N3OS. The molecule has 0 spiro atoms. The number of hydrogen-bond acceptors (Lipinski definition) is 3. The number of aryl methyl sites for hydroxylation is 1. The van der Waals surface area contributed by atoms with E-state index in [9.17, 15) is 4.79 Å². The minimum absolute atomic E-state index is 0.0616. The van der Waals surface area contributed by atoms with E-state index in [4.69, 9.17) is 0 Å². The van der Waals surface area contributed by atoms with Gasteiger partial charge >= 0.3 is 0 Å². The van der Waals surface area contributed by atoms with Crippen molar-refractivity contribution in [1.29, 1.82) is 0 Å². The Kier molecular flexibility index (Phi) is 3.35. The number of anilines is 1. The first-order valence-electron chi connectivity index (χ1n) is 7.41. The summed E-state index contributed by atoms with van der Waals surface area (Å²) in [5.74, 6) is -0.0616. The molecule has 2 aromatic carbocycles. The van der Waals surface area contributed by atoms with Crippen molar-refractivity contribution in [2.24, 2.45) is 0 Å². The van der Waals surface area contributed by atoms with Crippen LogP contribution in [0.3, 0.4) is 0 Å². The van der Waals surface area contributed by atoms with E-state index in [1.165, 1.54) is 11.3 Å². The van der Waals surface area contributed by atoms with Crippen LogP contribution < -0.4 is 5.32 Å². The maximum absolute atomic E-state index is 12.4. The van der Waals surface area contributed by atoms with Crippen molar-refractivity contribution in [2.75, 3.05) is 5.32 Å². The highest BCUT2D eigenvalue weighted by atomic mass is 32.1. The lowest BCUT2D eigenvalue weighted by atomic mass is 10.2. The molecule has 23 heavy (non-hydrogen) atoms. The second-order valence-corrected chi connectivity index (χ2v) is 6.50. The average Bonchev–Trinajstić information content (AvgIpc) is 3.08. The molecule has 0 fully saturated rings. The number of nitrogens with one attached hydrogen (secondary N) is 1. The maximum atomic E-state index is 12.4. The number of carbonyl (C=O) groups excluding carboxylic acids is 1. The summed E-state index contributed by atoms with van der Waals surface area (Å²) in [6.07, 6.45) is 0. The van der Waals surface area contributed by atoms with Gasteiger partial charge in [0.15, 0.2) is 5.13 Å². The average molecular weight is 321 g/mol. The molecule has 0 bridgehead atoms. The van der Waals surface area contributed by atoms with Gasteiger partial charge in [0.05, 0.1) is 10.2 Å². The number of nitrogens with zero attached hydrogens (tertiary/aromatic N) is 2. The van der Waals surface area contributed by atoms with Crippen molar-refractivity contribution in [3.05, 3.63) is 60.3 Å². The molecule has 0 aliphatic carbocycles. The van der Waals surface area contributed by atoms with Crippen LogP contribution in [0.4, 0.5) is 5.13 Å². The first kappa shape index (κ1) is 14.0. The van der Waals surface area contributed by atoms with Gasteiger partial charge in [-0.2, -0.15) is 0 Å². The quantitative estimate of drug-likeness (QED) is 0.615. The molecule has 4 nitrogen and oxygen atoms in total. The Morgan fingerprint density at radius 1 is 1.17 bits per heavy atom. The molecule has 0 unspecified atom stereocenters. The molecule has 0 aliphatic heterocycles. The van der Waals surface area contributed by atoms with Gasteiger partial charge in [0, 0.05) is 11.2 Å². The lowest BCUT2D eigenvalue weighted by molar-refractivity contribution is -0.116. The summed E-state index contributed by atoms with van der Waals surface area (Å²) in [5.41, 5.74) is 3.06. The van der Waals surface area contributed by atoms with E-state index in [1.54, 1.807) is 0 Å². The summed E-state index contributed by atoms with van der Waals surface area (Å²) < 4.78 is 3.10. The molecule has 0 atom stereocenters. The van der Waals surface area contributed by atoms with E-state index >= 15 is 0 Å². The fourth-order valence-corrected chi connectivity index (χ4v) is 3.67. The lowest BCUT2D eigenvalue weighted by Crippen LogP contribution is -2.19. The van der Waals surface area contributed by atoms with E-state index in [0.717, 1.165) is 26.8 Å². The number of hydrogen-bond donors (Lipinski definition) is 1. The van der Waals surface area contributed by atoms with Crippen LogP contribution in [0.2, 0.25) is 0 Å². The Hall–Kier alpha value is -2.66. The summed E-state index contributed by atoms with van der Waals surface area (Å²) in [5, 5.41) is 4.70. The SMILES string of the molecule is Cc1cc2ccccc2n1CC(=O)Nc1nc2ccccc2s1. The normalized spacial score (nSPS) is 11.2. The highest BCUT2D eigenvalue weighted by Crippen LogP contribution is 2.25. The van der Waals surface area contributed by atoms with Gasteiger partial charge in [-0.3, -0.25) is 4.79 Å². The number of benzene rings is 2. The minimum atomic E-state index is -0.0616. The monoisotopic (exact) mass is 321 g/mol. The Morgan fingerprint density at radius 2 is 1.96 bits per heavy atom. The second kappa shape index (κ2) is 5.52. The molecule has 1 N–H and O–H groups in total. The van der Waals surface area contributed by atoms with Gasteiger partial charge in [-0.1, -0.05) is 41.7 Å². The number of amides is 1.